The second kappa shape index (κ2) is 11.4. The summed E-state index contributed by atoms with van der Waals surface area (Å²) in [5, 5.41) is 17.4. The Kier molecular flexibility index (Phi) is 7.36. The molecule has 6 N–H and O–H groups in total. The number of fused-ring (bicyclic) bond motifs is 1. The molecule has 42 heavy (non-hydrogen) atoms. The summed E-state index contributed by atoms with van der Waals surface area (Å²) in [6, 6.07) is 11.3. The minimum absolute atomic E-state index is 0.269. The number of nitrogens with zero attached hydrogens (tertiary/aromatic N) is 7. The van der Waals surface area contributed by atoms with Crippen LogP contribution in [0.2, 0.25) is 0 Å². The van der Waals surface area contributed by atoms with Crippen LogP contribution in [0.15, 0.2) is 42.9 Å². The third-order valence-electron chi connectivity index (χ3n) is 8.72. The number of hydrogen-bond donors (Lipinski definition) is 5. The average molecular weight is 570 g/mol. The Hall–Kier alpha value is -3.84. The molecule has 0 bridgehead atoms. The van der Waals surface area contributed by atoms with E-state index in [0.717, 1.165) is 42.7 Å². The molecule has 12 heteroatoms. The van der Waals surface area contributed by atoms with Crippen molar-refractivity contribution in [3.8, 4) is 11.3 Å². The topological polar surface area (TPSA) is 147 Å². The van der Waals surface area contributed by atoms with E-state index < -0.39 is 6.23 Å². The van der Waals surface area contributed by atoms with Crippen molar-refractivity contribution in [1.82, 2.24) is 34.7 Å². The van der Waals surface area contributed by atoms with Gasteiger partial charge in [0.15, 0.2) is 17.3 Å². The lowest BCUT2D eigenvalue weighted by atomic mass is 10.0. The highest BCUT2D eigenvalue weighted by molar-refractivity contribution is 5.92. The molecular weight excluding hydrogens is 530 g/mol. The Morgan fingerprint density at radius 1 is 0.929 bits per heavy atom. The molecule has 1 aliphatic carbocycles. The zero-order valence-corrected chi connectivity index (χ0v) is 24.0. The van der Waals surface area contributed by atoms with Gasteiger partial charge in [0.05, 0.1) is 11.8 Å². The lowest BCUT2D eigenvalue weighted by Crippen LogP contribution is -2.52. The number of pyridine rings is 1. The van der Waals surface area contributed by atoms with Crippen LogP contribution < -0.4 is 21.3 Å². The van der Waals surface area contributed by atoms with Gasteiger partial charge in [-0.1, -0.05) is 0 Å². The number of likely N-dealkylation sites (N-methyl/N-ethyl adjacent to an activating group) is 1. The van der Waals surface area contributed by atoms with Crippen LogP contribution >= 0.6 is 0 Å². The maximum absolute atomic E-state index is 10.5. The van der Waals surface area contributed by atoms with Crippen molar-refractivity contribution in [3.05, 3.63) is 48.5 Å². The van der Waals surface area contributed by atoms with E-state index >= 15 is 0 Å². The van der Waals surface area contributed by atoms with Gasteiger partial charge in [-0.05, 0) is 63.1 Å². The fourth-order valence-corrected chi connectivity index (χ4v) is 6.07. The van der Waals surface area contributed by atoms with Gasteiger partial charge in [0.1, 0.15) is 17.6 Å². The monoisotopic (exact) mass is 569 g/mol. The van der Waals surface area contributed by atoms with Crippen molar-refractivity contribution in [2.24, 2.45) is 5.73 Å². The summed E-state index contributed by atoms with van der Waals surface area (Å²) in [7, 11) is 2.21. The zero-order valence-electron chi connectivity index (χ0n) is 24.0. The van der Waals surface area contributed by atoms with Gasteiger partial charge in [-0.25, -0.2) is 19.9 Å². The maximum Gasteiger partial charge on any atom is 0.178 e. The van der Waals surface area contributed by atoms with Gasteiger partial charge >= 0.3 is 0 Å². The Labute approximate surface area is 245 Å². The summed E-state index contributed by atoms with van der Waals surface area (Å²) in [4.78, 5) is 29.1. The van der Waals surface area contributed by atoms with Crippen LogP contribution in [-0.4, -0.2) is 98.2 Å². The van der Waals surface area contributed by atoms with E-state index in [9.17, 15) is 5.11 Å². The molecule has 0 amide bonds. The molecule has 12 nitrogen and oxygen atoms in total. The molecule has 2 saturated heterocycles. The van der Waals surface area contributed by atoms with E-state index in [1.54, 1.807) is 12.5 Å². The number of aliphatic hydroxyl groups excluding tert-OH is 1. The number of hydrogen-bond acceptors (Lipinski definition) is 11. The van der Waals surface area contributed by atoms with Gasteiger partial charge < -0.3 is 36.3 Å². The first-order chi connectivity index (χ1) is 20.5. The standard InChI is InChI=1S/C30H39N11O/c1-39-14-16-41(17-15-39)22-9-12-40(13-10-22)21-6-4-20(5-7-21)36-30-26(27(31)42)37-25(29(38-30)35-19-2-3-19)23-8-11-32-28-24(23)33-18-34-28/h4-8,11,18-19,22,27,42H,2-3,9-10,12-17,31H2,1H3,(H,32,33,34)(H2,35,36,38). The minimum atomic E-state index is -1.31. The molecule has 4 aromatic rings. The van der Waals surface area contributed by atoms with Crippen molar-refractivity contribution >= 4 is 34.2 Å². The molecular formula is C30H39N11O. The molecule has 220 valence electrons. The van der Waals surface area contributed by atoms with Crippen LogP contribution in [0.1, 0.15) is 37.6 Å². The molecule has 2 aliphatic heterocycles. The third-order valence-corrected chi connectivity index (χ3v) is 8.72. The SMILES string of the molecule is CN1CCN(C2CCN(c3ccc(Nc4nc(NC5CC5)c(-c5ccnc6nc[nH]c56)nc4C(N)O)cc3)CC2)CC1. The van der Waals surface area contributed by atoms with Crippen molar-refractivity contribution < 1.29 is 5.11 Å². The molecule has 3 aromatic heterocycles. The van der Waals surface area contributed by atoms with Gasteiger partial charge in [0, 0.05) is 74.5 Å². The molecule has 0 radical (unpaired) electrons. The first kappa shape index (κ1) is 27.0. The van der Waals surface area contributed by atoms with Crippen molar-refractivity contribution in [3.63, 3.8) is 0 Å². The Morgan fingerprint density at radius 3 is 2.40 bits per heavy atom. The summed E-state index contributed by atoms with van der Waals surface area (Å²) in [5.41, 5.74) is 11.1. The number of anilines is 4. The summed E-state index contributed by atoms with van der Waals surface area (Å²) in [6.45, 7) is 6.82. The fourth-order valence-electron chi connectivity index (χ4n) is 6.07. The van der Waals surface area contributed by atoms with Gasteiger partial charge in [-0.15, -0.1) is 0 Å². The fraction of sp³-hybridized carbons (Fsp3) is 0.467. The number of piperazine rings is 1. The molecule has 1 saturated carbocycles. The highest BCUT2D eigenvalue weighted by Crippen LogP contribution is 2.36. The first-order valence-electron chi connectivity index (χ1n) is 15.0. The largest absolute Gasteiger partial charge is 0.373 e. The summed E-state index contributed by atoms with van der Waals surface area (Å²) in [5.74, 6) is 1.05. The molecule has 1 atom stereocenters. The van der Waals surface area contributed by atoms with E-state index in [1.165, 1.54) is 44.7 Å². The van der Waals surface area contributed by atoms with E-state index in [2.05, 4.69) is 71.6 Å². The molecule has 1 aromatic carbocycles. The third kappa shape index (κ3) is 5.62. The number of aliphatic hydroxyl groups is 1. The van der Waals surface area contributed by atoms with Crippen LogP contribution in [0.3, 0.4) is 0 Å². The molecule has 3 aliphatic rings. The van der Waals surface area contributed by atoms with Crippen molar-refractivity contribution in [2.75, 3.05) is 61.8 Å². The highest BCUT2D eigenvalue weighted by Gasteiger charge is 2.28. The molecule has 3 fully saturated rings. The van der Waals surface area contributed by atoms with E-state index in [0.29, 0.717) is 35.1 Å². The van der Waals surface area contributed by atoms with Crippen LogP contribution in [0, 0.1) is 0 Å². The molecule has 0 spiro atoms. The van der Waals surface area contributed by atoms with E-state index in [4.69, 9.17) is 15.7 Å². The Balaban J connectivity index is 1.10. The second-order valence-electron chi connectivity index (χ2n) is 11.7. The molecule has 1 unspecified atom stereocenters. The quantitative estimate of drug-likeness (QED) is 0.200. The summed E-state index contributed by atoms with van der Waals surface area (Å²) >= 11 is 0. The van der Waals surface area contributed by atoms with Crippen LogP contribution in [0.25, 0.3) is 22.4 Å². The number of nitrogens with one attached hydrogen (secondary N) is 3. The minimum Gasteiger partial charge on any atom is -0.373 e. The van der Waals surface area contributed by atoms with E-state index in [-0.39, 0.29) is 5.69 Å². The number of rotatable bonds is 8. The number of benzene rings is 1. The summed E-state index contributed by atoms with van der Waals surface area (Å²) < 4.78 is 0. The Bertz CT molecular complexity index is 1520. The van der Waals surface area contributed by atoms with Crippen LogP contribution in [-0.2, 0) is 0 Å². The number of aromatic nitrogens is 5. The number of imidazole rings is 1. The Morgan fingerprint density at radius 2 is 1.69 bits per heavy atom. The zero-order chi connectivity index (χ0) is 28.6. The van der Waals surface area contributed by atoms with Crippen LogP contribution in [0.5, 0.6) is 0 Å². The maximum atomic E-state index is 10.5. The predicted octanol–water partition coefficient (Wildman–Crippen LogP) is 2.90. The predicted molar refractivity (Wildman–Crippen MR) is 165 cm³/mol. The van der Waals surface area contributed by atoms with Crippen molar-refractivity contribution in [2.45, 2.75) is 44.0 Å². The highest BCUT2D eigenvalue weighted by atomic mass is 16.3. The molecule has 7 rings (SSSR count). The lowest BCUT2D eigenvalue weighted by Gasteiger charge is -2.42. The van der Waals surface area contributed by atoms with Gasteiger partial charge in [-0.3, -0.25) is 4.90 Å². The average Bonchev–Trinajstić information content (AvgIpc) is 3.69. The van der Waals surface area contributed by atoms with Gasteiger partial charge in [-0.2, -0.15) is 0 Å². The summed E-state index contributed by atoms with van der Waals surface area (Å²) in [6.07, 6.45) is 6.54. The smallest absolute Gasteiger partial charge is 0.178 e. The number of piperidine rings is 1. The normalized spacial score (nSPS) is 19.7. The van der Waals surface area contributed by atoms with E-state index in [1.807, 2.05) is 6.07 Å². The van der Waals surface area contributed by atoms with Gasteiger partial charge in [0.25, 0.3) is 0 Å². The lowest BCUT2D eigenvalue weighted by molar-refractivity contribution is 0.0982. The van der Waals surface area contributed by atoms with Gasteiger partial charge in [0.2, 0.25) is 0 Å². The van der Waals surface area contributed by atoms with Crippen molar-refractivity contribution in [1.29, 1.82) is 0 Å². The second-order valence-corrected chi connectivity index (χ2v) is 11.7. The number of H-pyrrole nitrogens is 1. The first-order valence-corrected chi connectivity index (χ1v) is 15.0. The number of nitrogens with two attached hydrogens (primary N) is 1. The van der Waals surface area contributed by atoms with Crippen LogP contribution in [0.4, 0.5) is 23.0 Å². The number of aromatic amines is 1. The molecule has 5 heterocycles.